The number of halogens is 3. The Morgan fingerprint density at radius 3 is 1.00 bits per heavy atom. The fourth-order valence-electron chi connectivity index (χ4n) is 1.99. The Kier molecular flexibility index (Phi) is 12.9. The molecule has 0 bridgehead atoms. The van der Waals surface area contributed by atoms with Gasteiger partial charge >= 0.3 is 0 Å². The van der Waals surface area contributed by atoms with Crippen LogP contribution in [0.4, 0.5) is 0 Å². The number of nitrogens with two attached hydrogens (primary N) is 3. The summed E-state index contributed by atoms with van der Waals surface area (Å²) in [4.78, 5) is 0. The highest BCUT2D eigenvalue weighted by atomic mass is 127. The van der Waals surface area contributed by atoms with E-state index in [9.17, 15) is 0 Å². The molecule has 0 amide bonds. The number of benzene rings is 1. The zero-order valence-electron chi connectivity index (χ0n) is 13.5. The molecular formula is C15H24I3N3O3. The van der Waals surface area contributed by atoms with Crippen molar-refractivity contribution in [2.75, 3.05) is 39.5 Å². The monoisotopic (exact) mass is 675 g/mol. The topological polar surface area (TPSA) is 106 Å². The summed E-state index contributed by atoms with van der Waals surface area (Å²) in [5.41, 5.74) is 20.0. The highest BCUT2D eigenvalue weighted by Gasteiger charge is 2.20. The van der Waals surface area contributed by atoms with Crippen molar-refractivity contribution < 1.29 is 14.2 Å². The van der Waals surface area contributed by atoms with Crippen LogP contribution in [0.3, 0.4) is 0 Å². The summed E-state index contributed by atoms with van der Waals surface area (Å²) in [5, 5.41) is 0. The molecule has 0 spiro atoms. The van der Waals surface area contributed by atoms with E-state index >= 15 is 0 Å². The summed E-state index contributed by atoms with van der Waals surface area (Å²) in [6, 6.07) is 0. The third-order valence-corrected chi connectivity index (χ3v) is 7.02. The minimum absolute atomic E-state index is 0.510. The molecule has 1 rings (SSSR count). The van der Waals surface area contributed by atoms with Crippen LogP contribution in [0, 0.1) is 10.7 Å². The molecule has 1 aromatic rings. The minimum Gasteiger partial charge on any atom is -0.375 e. The van der Waals surface area contributed by atoms with E-state index in [2.05, 4.69) is 67.8 Å². The lowest BCUT2D eigenvalue weighted by Crippen LogP contribution is -2.15. The molecule has 138 valence electrons. The Morgan fingerprint density at radius 1 is 0.542 bits per heavy atom. The van der Waals surface area contributed by atoms with Gasteiger partial charge < -0.3 is 31.4 Å². The molecule has 0 aromatic heterocycles. The minimum atomic E-state index is 0.510. The molecule has 0 saturated carbocycles. The second kappa shape index (κ2) is 13.4. The van der Waals surface area contributed by atoms with Gasteiger partial charge in [0.25, 0.3) is 0 Å². The third-order valence-electron chi connectivity index (χ3n) is 3.12. The first-order chi connectivity index (χ1) is 11.6. The fraction of sp³-hybridized carbons (Fsp3) is 0.600. The van der Waals surface area contributed by atoms with E-state index in [1.807, 2.05) is 0 Å². The lowest BCUT2D eigenvalue weighted by Gasteiger charge is -2.20. The average Bonchev–Trinajstić information content (AvgIpc) is 2.57. The molecule has 6 N–H and O–H groups in total. The van der Waals surface area contributed by atoms with Crippen LogP contribution in [0.2, 0.25) is 0 Å². The molecule has 24 heavy (non-hydrogen) atoms. The van der Waals surface area contributed by atoms with Gasteiger partial charge in [-0.05, 0) is 67.8 Å². The molecule has 0 aliphatic heterocycles. The molecule has 0 fully saturated rings. The van der Waals surface area contributed by atoms with Crippen LogP contribution in [-0.2, 0) is 34.0 Å². The number of ether oxygens (including phenoxy) is 3. The zero-order chi connectivity index (χ0) is 17.9. The summed E-state index contributed by atoms with van der Waals surface area (Å²) in [5.74, 6) is 0. The molecule has 1 aromatic carbocycles. The van der Waals surface area contributed by atoms with Crippen LogP contribution in [0.1, 0.15) is 16.7 Å². The van der Waals surface area contributed by atoms with Gasteiger partial charge in [-0.2, -0.15) is 0 Å². The first-order valence-electron chi connectivity index (χ1n) is 7.58. The van der Waals surface area contributed by atoms with Crippen molar-refractivity contribution in [3.8, 4) is 0 Å². The van der Waals surface area contributed by atoms with Gasteiger partial charge in [0.15, 0.2) is 0 Å². The van der Waals surface area contributed by atoms with Crippen molar-refractivity contribution in [3.05, 3.63) is 27.4 Å². The van der Waals surface area contributed by atoms with Gasteiger partial charge in [0.05, 0.1) is 39.6 Å². The number of rotatable bonds is 12. The fourth-order valence-corrected chi connectivity index (χ4v) is 6.09. The van der Waals surface area contributed by atoms with Gasteiger partial charge in [0.1, 0.15) is 0 Å². The predicted molar refractivity (Wildman–Crippen MR) is 121 cm³/mol. The second-order valence-electron chi connectivity index (χ2n) is 4.90. The molecule has 0 atom stereocenters. The van der Waals surface area contributed by atoms with Crippen molar-refractivity contribution in [1.29, 1.82) is 0 Å². The lowest BCUT2D eigenvalue weighted by atomic mass is 10.1. The third kappa shape index (κ3) is 7.06. The van der Waals surface area contributed by atoms with Gasteiger partial charge in [-0.25, -0.2) is 0 Å². The van der Waals surface area contributed by atoms with Crippen LogP contribution < -0.4 is 17.2 Å². The molecule has 0 heterocycles. The summed E-state index contributed by atoms with van der Waals surface area (Å²) >= 11 is 7.09. The van der Waals surface area contributed by atoms with Crippen molar-refractivity contribution in [2.45, 2.75) is 19.8 Å². The van der Waals surface area contributed by atoms with Crippen molar-refractivity contribution in [2.24, 2.45) is 17.2 Å². The van der Waals surface area contributed by atoms with E-state index < -0.39 is 0 Å². The van der Waals surface area contributed by atoms with E-state index in [0.29, 0.717) is 59.3 Å². The molecule has 6 nitrogen and oxygen atoms in total. The SMILES string of the molecule is NCCOCc1c(I)c(COCCN)c(I)c(COCCN)c1I. The summed E-state index contributed by atoms with van der Waals surface area (Å²) in [6.07, 6.45) is 0. The molecule has 0 unspecified atom stereocenters. The zero-order valence-corrected chi connectivity index (χ0v) is 19.9. The smallest absolute Gasteiger partial charge is 0.0738 e. The molecule has 0 radical (unpaired) electrons. The van der Waals surface area contributed by atoms with Crippen LogP contribution in [0.25, 0.3) is 0 Å². The van der Waals surface area contributed by atoms with Crippen LogP contribution in [0.15, 0.2) is 0 Å². The van der Waals surface area contributed by atoms with Gasteiger partial charge in [0.2, 0.25) is 0 Å². The first kappa shape index (κ1) is 23.2. The maximum absolute atomic E-state index is 5.67. The molecule has 0 aliphatic rings. The van der Waals surface area contributed by atoms with Gasteiger partial charge in [-0.1, -0.05) is 0 Å². The van der Waals surface area contributed by atoms with E-state index in [1.165, 1.54) is 0 Å². The summed E-state index contributed by atoms with van der Waals surface area (Å²) in [6.45, 7) is 4.72. The normalized spacial score (nSPS) is 11.2. The van der Waals surface area contributed by atoms with Crippen LogP contribution in [0.5, 0.6) is 0 Å². The Bertz CT molecular complexity index is 426. The summed E-state index contributed by atoms with van der Waals surface area (Å²) in [7, 11) is 0. The largest absolute Gasteiger partial charge is 0.375 e. The molecule has 0 saturated heterocycles. The molecule has 0 aliphatic carbocycles. The Morgan fingerprint density at radius 2 is 0.792 bits per heavy atom. The van der Waals surface area contributed by atoms with Gasteiger partial charge in [0, 0.05) is 47.0 Å². The highest BCUT2D eigenvalue weighted by Crippen LogP contribution is 2.33. The summed E-state index contributed by atoms with van der Waals surface area (Å²) < 4.78 is 20.5. The van der Waals surface area contributed by atoms with E-state index in [4.69, 9.17) is 31.4 Å². The predicted octanol–water partition coefficient (Wildman–Crippen LogP) is 1.93. The Hall–Kier alpha value is 1.17. The number of hydrogen-bond donors (Lipinski definition) is 3. The van der Waals surface area contributed by atoms with E-state index in [0.717, 1.165) is 27.4 Å². The standard InChI is InChI=1S/C15H24I3N3O3/c16-13-10(7-22-4-1-19)14(17)12(9-24-6-3-21)15(18)11(13)8-23-5-2-20/h1-9,19-21H2. The van der Waals surface area contributed by atoms with Gasteiger partial charge in [-0.3, -0.25) is 0 Å². The quantitative estimate of drug-likeness (QED) is 0.231. The molecular weight excluding hydrogens is 651 g/mol. The molecule has 9 heteroatoms. The lowest BCUT2D eigenvalue weighted by molar-refractivity contribution is 0.118. The maximum Gasteiger partial charge on any atom is 0.0738 e. The highest BCUT2D eigenvalue weighted by molar-refractivity contribution is 14.1. The van der Waals surface area contributed by atoms with Crippen LogP contribution >= 0.6 is 67.8 Å². The van der Waals surface area contributed by atoms with Gasteiger partial charge in [-0.15, -0.1) is 0 Å². The van der Waals surface area contributed by atoms with Crippen molar-refractivity contribution >= 4 is 67.8 Å². The average molecular weight is 675 g/mol. The number of hydrogen-bond acceptors (Lipinski definition) is 6. The van der Waals surface area contributed by atoms with Crippen molar-refractivity contribution in [3.63, 3.8) is 0 Å². The van der Waals surface area contributed by atoms with E-state index in [1.54, 1.807) is 0 Å². The van der Waals surface area contributed by atoms with Crippen molar-refractivity contribution in [1.82, 2.24) is 0 Å². The maximum atomic E-state index is 5.67. The Labute approximate surface area is 184 Å². The van der Waals surface area contributed by atoms with Crippen LogP contribution in [-0.4, -0.2) is 39.5 Å². The Balaban J connectivity index is 3.14. The second-order valence-corrected chi connectivity index (χ2v) is 8.14. The first-order valence-corrected chi connectivity index (χ1v) is 10.8. The van der Waals surface area contributed by atoms with E-state index in [-0.39, 0.29) is 0 Å².